The third kappa shape index (κ3) is 3.26. The topological polar surface area (TPSA) is 195 Å². The molecule has 0 unspecified atom stereocenters. The number of ketones is 2. The maximum Gasteiger partial charge on any atom is 0.296 e. The van der Waals surface area contributed by atoms with E-state index in [1.54, 1.807) is 0 Å². The van der Waals surface area contributed by atoms with E-state index >= 15 is 0 Å². The van der Waals surface area contributed by atoms with Crippen LogP contribution < -0.4 is 11.5 Å². The summed E-state index contributed by atoms with van der Waals surface area (Å²) in [7, 11) is -9.72. The molecule has 0 spiro atoms. The Balaban J connectivity index is 2.17. The van der Waals surface area contributed by atoms with Crippen LogP contribution in [-0.4, -0.2) is 37.5 Å². The van der Waals surface area contributed by atoms with E-state index in [1.165, 1.54) is 30.3 Å². The zero-order valence-electron chi connectivity index (χ0n) is 15.9. The normalized spacial score (nSPS) is 13.6. The van der Waals surface area contributed by atoms with Crippen LogP contribution in [0.2, 0.25) is 0 Å². The highest BCUT2D eigenvalue weighted by Gasteiger charge is 2.36. The van der Waals surface area contributed by atoms with Crippen LogP contribution in [0.15, 0.2) is 58.3 Å². The van der Waals surface area contributed by atoms with Crippen molar-refractivity contribution in [3.63, 3.8) is 0 Å². The number of carbonyl (C=O) groups excluding carboxylic acids is 2. The minimum atomic E-state index is -4.94. The molecule has 0 heterocycles. The van der Waals surface area contributed by atoms with Gasteiger partial charge in [-0.15, -0.1) is 0 Å². The first-order valence-electron chi connectivity index (χ1n) is 8.82. The van der Waals surface area contributed by atoms with Crippen molar-refractivity contribution in [3.05, 3.63) is 70.8 Å². The zero-order chi connectivity index (χ0) is 23.6. The molecule has 0 saturated carbocycles. The number of benzene rings is 3. The molecule has 0 radical (unpaired) electrons. The number of hydrogen-bond donors (Lipinski definition) is 4. The van der Waals surface area contributed by atoms with Crippen molar-refractivity contribution in [2.75, 3.05) is 11.5 Å². The predicted molar refractivity (Wildman–Crippen MR) is 114 cm³/mol. The minimum absolute atomic E-state index is 0.00827. The molecule has 6 N–H and O–H groups in total. The molecule has 0 bridgehead atoms. The van der Waals surface area contributed by atoms with Crippen LogP contribution >= 0.6 is 0 Å². The molecule has 10 nitrogen and oxygen atoms in total. The van der Waals surface area contributed by atoms with Crippen molar-refractivity contribution in [2.45, 2.75) is 9.79 Å². The Morgan fingerprint density at radius 2 is 1.19 bits per heavy atom. The second kappa shape index (κ2) is 6.97. The quantitative estimate of drug-likeness (QED) is 0.251. The molecule has 0 aliphatic heterocycles. The van der Waals surface area contributed by atoms with Crippen LogP contribution in [0.5, 0.6) is 0 Å². The fourth-order valence-corrected chi connectivity index (χ4v) is 4.95. The Bertz CT molecular complexity index is 1580. The fourth-order valence-electron chi connectivity index (χ4n) is 3.66. The first kappa shape index (κ1) is 21.6. The van der Waals surface area contributed by atoms with Gasteiger partial charge in [-0.05, 0) is 29.3 Å². The summed E-state index contributed by atoms with van der Waals surface area (Å²) in [4.78, 5) is 24.9. The van der Waals surface area contributed by atoms with Gasteiger partial charge in [0, 0.05) is 16.7 Å². The molecule has 1 aliphatic rings. The summed E-state index contributed by atoms with van der Waals surface area (Å²) in [6.07, 6.45) is 0. The molecular formula is C20H14N2O8S2. The number of fused-ring (bicyclic) bond motifs is 2. The van der Waals surface area contributed by atoms with E-state index in [2.05, 4.69) is 0 Å². The van der Waals surface area contributed by atoms with Gasteiger partial charge in [0.15, 0.2) is 11.6 Å². The molecule has 1 aliphatic carbocycles. The van der Waals surface area contributed by atoms with Gasteiger partial charge in [0.25, 0.3) is 20.2 Å². The van der Waals surface area contributed by atoms with E-state index in [0.717, 1.165) is 18.2 Å². The van der Waals surface area contributed by atoms with Gasteiger partial charge in [-0.3, -0.25) is 18.7 Å². The maximum absolute atomic E-state index is 13.3. The van der Waals surface area contributed by atoms with Gasteiger partial charge < -0.3 is 11.5 Å². The Morgan fingerprint density at radius 3 is 1.72 bits per heavy atom. The maximum atomic E-state index is 13.3. The highest BCUT2D eigenvalue weighted by Crippen LogP contribution is 2.41. The molecule has 0 fully saturated rings. The first-order valence-corrected chi connectivity index (χ1v) is 11.7. The van der Waals surface area contributed by atoms with Crippen molar-refractivity contribution < 1.29 is 35.5 Å². The second-order valence-electron chi connectivity index (χ2n) is 6.99. The van der Waals surface area contributed by atoms with Gasteiger partial charge in [-0.2, -0.15) is 16.8 Å². The molecule has 12 heteroatoms. The molecule has 4 rings (SSSR count). The summed E-state index contributed by atoms with van der Waals surface area (Å²) in [6.45, 7) is 0. The average Bonchev–Trinajstić information content (AvgIpc) is 2.70. The molecule has 32 heavy (non-hydrogen) atoms. The largest absolute Gasteiger partial charge is 0.398 e. The summed E-state index contributed by atoms with van der Waals surface area (Å²) in [6, 6.07) is 9.99. The summed E-state index contributed by atoms with van der Waals surface area (Å²) < 4.78 is 66.4. The molecular weight excluding hydrogens is 460 g/mol. The number of nitrogen functional groups attached to an aromatic ring is 2. The van der Waals surface area contributed by atoms with E-state index in [9.17, 15) is 35.5 Å². The molecule has 0 aromatic heterocycles. The Labute approximate surface area is 182 Å². The van der Waals surface area contributed by atoms with E-state index < -0.39 is 52.8 Å². The summed E-state index contributed by atoms with van der Waals surface area (Å²) in [5, 5.41) is 0. The monoisotopic (exact) mass is 474 g/mol. The average molecular weight is 474 g/mol. The first-order chi connectivity index (χ1) is 14.8. The van der Waals surface area contributed by atoms with Crippen molar-refractivity contribution in [1.82, 2.24) is 0 Å². The zero-order valence-corrected chi connectivity index (χ0v) is 17.6. The standard InChI is InChI=1S/C20H14N2O8S2/c21-13-6-5-9(7-14(13)31(25,26)27)12-8-15(32(28,29)30)18(22)17-16(12)19(23)10-3-1-2-4-11(10)20(17)24/h1-8H,21-22H2,(H,25,26,27)(H,28,29,30). The van der Waals surface area contributed by atoms with Crippen LogP contribution in [0.25, 0.3) is 11.1 Å². The van der Waals surface area contributed by atoms with Gasteiger partial charge in [-0.25, -0.2) is 0 Å². The molecule has 0 amide bonds. The second-order valence-corrected chi connectivity index (χ2v) is 9.77. The number of nitrogens with two attached hydrogens (primary N) is 2. The lowest BCUT2D eigenvalue weighted by atomic mass is 9.79. The van der Waals surface area contributed by atoms with Gasteiger partial charge in [0.1, 0.15) is 9.79 Å². The van der Waals surface area contributed by atoms with Crippen LogP contribution in [0.1, 0.15) is 31.8 Å². The smallest absolute Gasteiger partial charge is 0.296 e. The lowest BCUT2D eigenvalue weighted by Gasteiger charge is -2.23. The van der Waals surface area contributed by atoms with Gasteiger partial charge >= 0.3 is 0 Å². The molecule has 0 saturated heterocycles. The van der Waals surface area contributed by atoms with Crippen LogP contribution in [0, 0.1) is 0 Å². The van der Waals surface area contributed by atoms with E-state index in [0.29, 0.717) is 0 Å². The summed E-state index contributed by atoms with van der Waals surface area (Å²) in [5.74, 6) is -1.41. The van der Waals surface area contributed by atoms with Gasteiger partial charge in [0.2, 0.25) is 0 Å². The third-order valence-electron chi connectivity index (χ3n) is 5.08. The number of carbonyl (C=O) groups is 2. The number of hydrogen-bond acceptors (Lipinski definition) is 8. The molecule has 0 atom stereocenters. The van der Waals surface area contributed by atoms with Gasteiger partial charge in [-0.1, -0.05) is 30.3 Å². The Kier molecular flexibility index (Phi) is 4.71. The summed E-state index contributed by atoms with van der Waals surface area (Å²) >= 11 is 0. The van der Waals surface area contributed by atoms with Crippen LogP contribution in [-0.2, 0) is 20.2 Å². The van der Waals surface area contributed by atoms with Crippen molar-refractivity contribution >= 4 is 43.2 Å². The summed E-state index contributed by atoms with van der Waals surface area (Å²) in [5.41, 5.74) is 9.65. The number of anilines is 2. The molecule has 3 aromatic carbocycles. The van der Waals surface area contributed by atoms with Gasteiger partial charge in [0.05, 0.1) is 16.9 Å². The van der Waals surface area contributed by atoms with Crippen LogP contribution in [0.4, 0.5) is 11.4 Å². The highest BCUT2D eigenvalue weighted by molar-refractivity contribution is 7.86. The van der Waals surface area contributed by atoms with E-state index in [4.69, 9.17) is 11.5 Å². The lowest BCUT2D eigenvalue weighted by Crippen LogP contribution is -2.24. The fraction of sp³-hybridized carbons (Fsp3) is 0. The molecule has 3 aromatic rings. The SMILES string of the molecule is Nc1ccc(-c2cc(S(=O)(=O)O)c(N)c3c2C(=O)c2ccccc2C3=O)cc1S(=O)(=O)O. The number of rotatable bonds is 3. The molecule has 164 valence electrons. The predicted octanol–water partition coefficient (Wildman–Crippen LogP) is 1.79. The minimum Gasteiger partial charge on any atom is -0.398 e. The Hall–Kier alpha value is -3.58. The Morgan fingerprint density at radius 1 is 0.656 bits per heavy atom. The third-order valence-corrected chi connectivity index (χ3v) is 6.88. The van der Waals surface area contributed by atoms with E-state index in [1.807, 2.05) is 0 Å². The lowest BCUT2D eigenvalue weighted by molar-refractivity contribution is 0.0980. The van der Waals surface area contributed by atoms with E-state index in [-0.39, 0.29) is 33.5 Å². The van der Waals surface area contributed by atoms with Crippen molar-refractivity contribution in [2.24, 2.45) is 0 Å². The highest BCUT2D eigenvalue weighted by atomic mass is 32.2. The van der Waals surface area contributed by atoms with Crippen molar-refractivity contribution in [3.8, 4) is 11.1 Å². The van der Waals surface area contributed by atoms with Crippen molar-refractivity contribution in [1.29, 1.82) is 0 Å². The van der Waals surface area contributed by atoms with Crippen LogP contribution in [0.3, 0.4) is 0 Å².